The van der Waals surface area contributed by atoms with Crippen LogP contribution >= 0.6 is 11.3 Å². The first kappa shape index (κ1) is 18.2. The molecule has 6 heteroatoms. The number of nitrogens with zero attached hydrogens (tertiary/aromatic N) is 2. The molecule has 2 fully saturated rings. The van der Waals surface area contributed by atoms with Gasteiger partial charge in [-0.3, -0.25) is 9.59 Å². The molecule has 1 aliphatic heterocycles. The summed E-state index contributed by atoms with van der Waals surface area (Å²) in [5, 5.41) is 10.7. The van der Waals surface area contributed by atoms with Gasteiger partial charge in [0.2, 0.25) is 0 Å². The fourth-order valence-corrected chi connectivity index (χ4v) is 5.57. The molecule has 27 heavy (non-hydrogen) atoms. The van der Waals surface area contributed by atoms with Gasteiger partial charge in [-0.05, 0) is 25.3 Å². The van der Waals surface area contributed by atoms with Crippen LogP contribution in [-0.2, 0) is 4.79 Å². The maximum Gasteiger partial charge on any atom is 0.308 e. The third-order valence-corrected chi connectivity index (χ3v) is 7.17. The van der Waals surface area contributed by atoms with Crippen LogP contribution in [-0.4, -0.2) is 40.0 Å². The highest BCUT2D eigenvalue weighted by molar-refractivity contribution is 7.13. The van der Waals surface area contributed by atoms with Gasteiger partial charge in [-0.1, -0.05) is 43.2 Å². The Morgan fingerprint density at radius 3 is 2.52 bits per heavy atom. The molecule has 0 radical (unpaired) electrons. The van der Waals surface area contributed by atoms with Crippen molar-refractivity contribution in [1.29, 1.82) is 0 Å². The highest BCUT2D eigenvalue weighted by Gasteiger charge is 2.41. The molecule has 2 heterocycles. The molecule has 1 saturated carbocycles. The van der Waals surface area contributed by atoms with Crippen molar-refractivity contribution in [2.45, 2.75) is 44.4 Å². The molecule has 1 aliphatic carbocycles. The van der Waals surface area contributed by atoms with Crippen molar-refractivity contribution >= 4 is 23.2 Å². The second-order valence-corrected chi connectivity index (χ2v) is 8.65. The highest BCUT2D eigenvalue weighted by Crippen LogP contribution is 2.39. The Balaban J connectivity index is 1.56. The van der Waals surface area contributed by atoms with Crippen molar-refractivity contribution in [3.05, 3.63) is 51.5 Å². The van der Waals surface area contributed by atoms with E-state index in [2.05, 4.69) is 4.98 Å². The van der Waals surface area contributed by atoms with Crippen molar-refractivity contribution in [3.8, 4) is 0 Å². The average Bonchev–Trinajstić information content (AvgIpc) is 3.41. The topological polar surface area (TPSA) is 70.5 Å². The van der Waals surface area contributed by atoms with Crippen LogP contribution in [0.1, 0.15) is 63.5 Å². The molecule has 1 aromatic carbocycles. The molecule has 1 aromatic heterocycles. The number of aryl methyl sites for hydroxylation is 1. The lowest BCUT2D eigenvalue weighted by atomic mass is 9.89. The van der Waals surface area contributed by atoms with Crippen LogP contribution in [0.3, 0.4) is 0 Å². The summed E-state index contributed by atoms with van der Waals surface area (Å²) in [6, 6.07) is 9.65. The first-order valence-corrected chi connectivity index (χ1v) is 10.4. The Hall–Kier alpha value is -2.21. The summed E-state index contributed by atoms with van der Waals surface area (Å²) >= 11 is 1.51. The highest BCUT2D eigenvalue weighted by atomic mass is 32.1. The molecule has 142 valence electrons. The zero-order valence-electron chi connectivity index (χ0n) is 15.4. The second-order valence-electron chi connectivity index (χ2n) is 7.62. The fourth-order valence-electron chi connectivity index (χ4n) is 4.36. The van der Waals surface area contributed by atoms with E-state index in [1.807, 2.05) is 37.3 Å². The Kier molecular flexibility index (Phi) is 5.00. The standard InChI is InChI=1S/C21H24N2O3S/c1-13-18(27-19(22-13)15-9-5-6-10-15)20(24)23-11-16(17(12-23)21(25)26)14-7-3-2-4-8-14/h2-4,7-8,15-17H,5-6,9-12H2,1H3,(H,25,26). The molecule has 0 bridgehead atoms. The number of carbonyl (C=O) groups is 2. The minimum Gasteiger partial charge on any atom is -0.481 e. The van der Waals surface area contributed by atoms with Gasteiger partial charge in [0.15, 0.2) is 0 Å². The number of hydrogen-bond acceptors (Lipinski definition) is 4. The Morgan fingerprint density at radius 2 is 1.85 bits per heavy atom. The molecule has 2 unspecified atom stereocenters. The predicted octanol–water partition coefficient (Wildman–Crippen LogP) is 4.05. The lowest BCUT2D eigenvalue weighted by molar-refractivity contribution is -0.141. The number of carboxylic acids is 1. The zero-order valence-corrected chi connectivity index (χ0v) is 16.2. The summed E-state index contributed by atoms with van der Waals surface area (Å²) in [6.07, 6.45) is 4.78. The van der Waals surface area contributed by atoms with Crippen LogP contribution in [0.25, 0.3) is 0 Å². The van der Waals surface area contributed by atoms with E-state index in [0.717, 1.165) is 29.1 Å². The van der Waals surface area contributed by atoms with E-state index < -0.39 is 11.9 Å². The largest absolute Gasteiger partial charge is 0.481 e. The van der Waals surface area contributed by atoms with Gasteiger partial charge in [0.1, 0.15) is 4.88 Å². The number of likely N-dealkylation sites (tertiary alicyclic amines) is 1. The summed E-state index contributed by atoms with van der Waals surface area (Å²) < 4.78 is 0. The second kappa shape index (κ2) is 7.43. The third kappa shape index (κ3) is 3.50. The monoisotopic (exact) mass is 384 g/mol. The number of aromatic nitrogens is 1. The van der Waals surface area contributed by atoms with E-state index in [0.29, 0.717) is 17.3 Å². The normalized spacial score (nSPS) is 23.1. The molecule has 5 nitrogen and oxygen atoms in total. The number of thiazole rings is 1. The summed E-state index contributed by atoms with van der Waals surface area (Å²) in [5.74, 6) is -1.17. The number of benzene rings is 1. The van der Waals surface area contributed by atoms with Crippen LogP contribution in [0.5, 0.6) is 0 Å². The summed E-state index contributed by atoms with van der Waals surface area (Å²) in [5.41, 5.74) is 1.76. The minimum atomic E-state index is -0.841. The van der Waals surface area contributed by atoms with Gasteiger partial charge in [-0.2, -0.15) is 0 Å². The van der Waals surface area contributed by atoms with Crippen LogP contribution in [0.2, 0.25) is 0 Å². The van der Waals surface area contributed by atoms with Gasteiger partial charge in [0.05, 0.1) is 16.6 Å². The molecule has 4 rings (SSSR count). The maximum absolute atomic E-state index is 13.1. The summed E-state index contributed by atoms with van der Waals surface area (Å²) in [6.45, 7) is 2.58. The Bertz CT molecular complexity index is 842. The van der Waals surface area contributed by atoms with Crippen molar-refractivity contribution in [2.75, 3.05) is 13.1 Å². The molecule has 1 amide bonds. The lowest BCUT2D eigenvalue weighted by Crippen LogP contribution is -2.29. The number of amides is 1. The van der Waals surface area contributed by atoms with Gasteiger partial charge in [0, 0.05) is 24.9 Å². The smallest absolute Gasteiger partial charge is 0.308 e. The molecule has 0 spiro atoms. The Labute approximate surface area is 163 Å². The number of hydrogen-bond donors (Lipinski definition) is 1. The number of carbonyl (C=O) groups excluding carboxylic acids is 1. The average molecular weight is 385 g/mol. The SMILES string of the molecule is Cc1nc(C2CCCC2)sc1C(=O)N1CC(C(=O)O)C(c2ccccc2)C1. The fraction of sp³-hybridized carbons (Fsp3) is 0.476. The predicted molar refractivity (Wildman–Crippen MR) is 104 cm³/mol. The minimum absolute atomic E-state index is 0.0704. The number of aliphatic carboxylic acids is 1. The van der Waals surface area contributed by atoms with E-state index in [1.54, 1.807) is 4.90 Å². The Morgan fingerprint density at radius 1 is 1.15 bits per heavy atom. The number of rotatable bonds is 4. The van der Waals surface area contributed by atoms with Crippen LogP contribution < -0.4 is 0 Å². The molecule has 2 aliphatic rings. The quantitative estimate of drug-likeness (QED) is 0.863. The molecule has 2 atom stereocenters. The molecule has 2 aromatic rings. The maximum atomic E-state index is 13.1. The van der Waals surface area contributed by atoms with Crippen molar-refractivity contribution in [3.63, 3.8) is 0 Å². The van der Waals surface area contributed by atoms with Crippen LogP contribution in [0.4, 0.5) is 0 Å². The molecular weight excluding hydrogens is 360 g/mol. The zero-order chi connectivity index (χ0) is 19.0. The number of carboxylic acid groups (broad SMARTS) is 1. The van der Waals surface area contributed by atoms with Crippen LogP contribution in [0.15, 0.2) is 30.3 Å². The summed E-state index contributed by atoms with van der Waals surface area (Å²) in [4.78, 5) is 32.0. The van der Waals surface area contributed by atoms with Gasteiger partial charge >= 0.3 is 5.97 Å². The van der Waals surface area contributed by atoms with Gasteiger partial charge in [0.25, 0.3) is 5.91 Å². The summed E-state index contributed by atoms with van der Waals surface area (Å²) in [7, 11) is 0. The molecule has 1 N–H and O–H groups in total. The van der Waals surface area contributed by atoms with Gasteiger partial charge in [-0.15, -0.1) is 11.3 Å². The van der Waals surface area contributed by atoms with E-state index in [1.165, 1.54) is 24.2 Å². The third-order valence-electron chi connectivity index (χ3n) is 5.86. The molecule has 1 saturated heterocycles. The van der Waals surface area contributed by atoms with Crippen molar-refractivity contribution < 1.29 is 14.7 Å². The van der Waals surface area contributed by atoms with E-state index in [9.17, 15) is 14.7 Å². The van der Waals surface area contributed by atoms with Crippen molar-refractivity contribution in [2.24, 2.45) is 5.92 Å². The van der Waals surface area contributed by atoms with E-state index in [-0.39, 0.29) is 18.4 Å². The molecular formula is C21H24N2O3S. The van der Waals surface area contributed by atoms with E-state index in [4.69, 9.17) is 0 Å². The first-order chi connectivity index (χ1) is 13.0. The van der Waals surface area contributed by atoms with Crippen LogP contribution in [0, 0.1) is 12.8 Å². The van der Waals surface area contributed by atoms with Gasteiger partial charge < -0.3 is 10.0 Å². The van der Waals surface area contributed by atoms with Gasteiger partial charge in [-0.25, -0.2) is 4.98 Å². The first-order valence-electron chi connectivity index (χ1n) is 9.59. The lowest BCUT2D eigenvalue weighted by Gasteiger charge is -2.16. The van der Waals surface area contributed by atoms with E-state index >= 15 is 0 Å². The van der Waals surface area contributed by atoms with Crippen molar-refractivity contribution in [1.82, 2.24) is 9.88 Å².